The number of tetrazole rings is 1. The number of hydrogen-bond acceptors (Lipinski definition) is 7. The lowest BCUT2D eigenvalue weighted by molar-refractivity contribution is 0.0238. The fraction of sp³-hybridized carbons (Fsp3) is 0.350. The molecule has 1 saturated heterocycles. The molecular formula is C20H21ClN6O3. The van der Waals surface area contributed by atoms with Gasteiger partial charge in [0, 0.05) is 19.0 Å². The summed E-state index contributed by atoms with van der Waals surface area (Å²) in [7, 11) is 0. The molecule has 156 valence electrons. The molecule has 0 bridgehead atoms. The molecule has 1 aliphatic rings. The molecule has 1 amide bonds. The predicted molar refractivity (Wildman–Crippen MR) is 109 cm³/mol. The lowest BCUT2D eigenvalue weighted by Crippen LogP contribution is -2.27. The Kier molecular flexibility index (Phi) is 6.20. The number of carbonyl (C=O) groups excluding carboxylic acids is 1. The van der Waals surface area contributed by atoms with Gasteiger partial charge in [0.1, 0.15) is 11.1 Å². The number of aromatic nitrogens is 5. The largest absolute Gasteiger partial charge is 0.473 e. The van der Waals surface area contributed by atoms with Gasteiger partial charge >= 0.3 is 0 Å². The van der Waals surface area contributed by atoms with Crippen molar-refractivity contribution in [1.29, 1.82) is 0 Å². The fourth-order valence-electron chi connectivity index (χ4n) is 3.05. The molecule has 0 saturated carbocycles. The van der Waals surface area contributed by atoms with Gasteiger partial charge in [-0.2, -0.15) is 4.68 Å². The quantitative estimate of drug-likeness (QED) is 0.643. The van der Waals surface area contributed by atoms with Gasteiger partial charge in [-0.25, -0.2) is 4.98 Å². The van der Waals surface area contributed by atoms with Gasteiger partial charge in [-0.1, -0.05) is 29.3 Å². The number of rotatable bonds is 6. The zero-order chi connectivity index (χ0) is 20.9. The number of hydrogen-bond donors (Lipinski definition) is 1. The molecule has 0 radical (unpaired) electrons. The van der Waals surface area contributed by atoms with Gasteiger partial charge in [-0.15, -0.1) is 5.10 Å². The van der Waals surface area contributed by atoms with Crippen LogP contribution in [0.5, 0.6) is 5.88 Å². The van der Waals surface area contributed by atoms with Crippen molar-refractivity contribution in [2.75, 3.05) is 13.2 Å². The summed E-state index contributed by atoms with van der Waals surface area (Å²) in [6.07, 6.45) is 3.04. The molecule has 10 heteroatoms. The Labute approximate surface area is 178 Å². The number of nitrogens with zero attached hydrogens (tertiary/aromatic N) is 5. The van der Waals surface area contributed by atoms with E-state index in [9.17, 15) is 4.79 Å². The summed E-state index contributed by atoms with van der Waals surface area (Å²) in [5, 5.41) is 14.8. The highest BCUT2D eigenvalue weighted by molar-refractivity contribution is 6.32. The van der Waals surface area contributed by atoms with E-state index in [1.807, 2.05) is 31.2 Å². The molecule has 1 N–H and O–H groups in total. The van der Waals surface area contributed by atoms with Gasteiger partial charge in [0.25, 0.3) is 5.91 Å². The summed E-state index contributed by atoms with van der Waals surface area (Å²) in [5.74, 6) is 0.495. The van der Waals surface area contributed by atoms with E-state index in [2.05, 4.69) is 25.8 Å². The van der Waals surface area contributed by atoms with Crippen molar-refractivity contribution in [2.24, 2.45) is 0 Å². The molecular weight excluding hydrogens is 408 g/mol. The maximum absolute atomic E-state index is 12.5. The third kappa shape index (κ3) is 4.74. The van der Waals surface area contributed by atoms with Crippen molar-refractivity contribution < 1.29 is 14.3 Å². The van der Waals surface area contributed by atoms with Crippen LogP contribution in [-0.4, -0.2) is 50.4 Å². The van der Waals surface area contributed by atoms with Gasteiger partial charge < -0.3 is 14.8 Å². The summed E-state index contributed by atoms with van der Waals surface area (Å²) in [6, 6.07) is 9.31. The van der Waals surface area contributed by atoms with Crippen LogP contribution in [0.2, 0.25) is 5.02 Å². The van der Waals surface area contributed by atoms with Gasteiger partial charge in [-0.05, 0) is 35.5 Å². The standard InChI is InChI=1S/C20H21ClN6O3/c1-13-2-4-15(5-3-13)27-18(24-25-26-27)12-22-19(28)14-10-17(21)20(23-11-14)30-16-6-8-29-9-7-16/h2-5,10-11,16H,6-9,12H2,1H3,(H,22,28). The van der Waals surface area contributed by atoms with Crippen LogP contribution in [0, 0.1) is 6.92 Å². The molecule has 0 spiro atoms. The number of aryl methyl sites for hydroxylation is 1. The van der Waals surface area contributed by atoms with Crippen LogP contribution in [0.4, 0.5) is 0 Å². The second-order valence-corrected chi connectivity index (χ2v) is 7.37. The minimum absolute atomic E-state index is 0.0176. The van der Waals surface area contributed by atoms with Crippen molar-refractivity contribution in [3.05, 3.63) is 58.5 Å². The van der Waals surface area contributed by atoms with Crippen LogP contribution in [0.1, 0.15) is 34.6 Å². The number of benzene rings is 1. The average molecular weight is 429 g/mol. The van der Waals surface area contributed by atoms with Crippen LogP contribution in [0.3, 0.4) is 0 Å². The molecule has 1 fully saturated rings. The SMILES string of the molecule is Cc1ccc(-n2nnnc2CNC(=O)c2cnc(OC3CCOCC3)c(Cl)c2)cc1. The Balaban J connectivity index is 1.39. The van der Waals surface area contributed by atoms with Crippen molar-refractivity contribution >= 4 is 17.5 Å². The summed E-state index contributed by atoms with van der Waals surface area (Å²) in [6.45, 7) is 3.47. The Morgan fingerprint density at radius 2 is 2.07 bits per heavy atom. The fourth-order valence-corrected chi connectivity index (χ4v) is 3.26. The average Bonchev–Trinajstić information content (AvgIpc) is 3.23. The highest BCUT2D eigenvalue weighted by Crippen LogP contribution is 2.25. The molecule has 4 rings (SSSR count). The van der Waals surface area contributed by atoms with Crippen LogP contribution >= 0.6 is 11.6 Å². The zero-order valence-electron chi connectivity index (χ0n) is 16.4. The highest BCUT2D eigenvalue weighted by atomic mass is 35.5. The van der Waals surface area contributed by atoms with Crippen molar-refractivity contribution in [3.63, 3.8) is 0 Å². The Bertz CT molecular complexity index is 1020. The topological polar surface area (TPSA) is 104 Å². The first-order valence-electron chi connectivity index (χ1n) is 9.62. The smallest absolute Gasteiger partial charge is 0.253 e. The first-order chi connectivity index (χ1) is 14.6. The minimum Gasteiger partial charge on any atom is -0.473 e. The lowest BCUT2D eigenvalue weighted by Gasteiger charge is -2.23. The van der Waals surface area contributed by atoms with Crippen LogP contribution in [-0.2, 0) is 11.3 Å². The second-order valence-electron chi connectivity index (χ2n) is 6.97. The van der Waals surface area contributed by atoms with E-state index in [1.165, 1.54) is 6.20 Å². The third-order valence-corrected chi connectivity index (χ3v) is 5.01. The minimum atomic E-state index is -0.333. The highest BCUT2D eigenvalue weighted by Gasteiger charge is 2.19. The van der Waals surface area contributed by atoms with E-state index < -0.39 is 0 Å². The van der Waals surface area contributed by atoms with Crippen molar-refractivity contribution in [1.82, 2.24) is 30.5 Å². The Morgan fingerprint density at radius 1 is 1.30 bits per heavy atom. The number of amides is 1. The molecule has 1 aliphatic heterocycles. The van der Waals surface area contributed by atoms with E-state index in [-0.39, 0.29) is 18.6 Å². The first-order valence-corrected chi connectivity index (χ1v) is 10.0. The third-order valence-electron chi connectivity index (χ3n) is 4.74. The first kappa shape index (κ1) is 20.2. The van der Waals surface area contributed by atoms with Gasteiger partial charge in [0.15, 0.2) is 5.82 Å². The predicted octanol–water partition coefficient (Wildman–Crippen LogP) is 2.51. The van der Waals surface area contributed by atoms with E-state index in [0.717, 1.165) is 24.1 Å². The summed E-state index contributed by atoms with van der Waals surface area (Å²) in [4.78, 5) is 16.8. The molecule has 0 unspecified atom stereocenters. The summed E-state index contributed by atoms with van der Waals surface area (Å²) in [5.41, 5.74) is 2.28. The molecule has 30 heavy (non-hydrogen) atoms. The van der Waals surface area contributed by atoms with Gasteiger partial charge in [-0.3, -0.25) is 4.79 Å². The van der Waals surface area contributed by atoms with Crippen LogP contribution in [0.15, 0.2) is 36.5 Å². The van der Waals surface area contributed by atoms with Gasteiger partial charge in [0.05, 0.1) is 31.0 Å². The number of ether oxygens (including phenoxy) is 2. The Morgan fingerprint density at radius 3 is 2.80 bits per heavy atom. The second kappa shape index (κ2) is 9.19. The molecule has 1 aromatic carbocycles. The lowest BCUT2D eigenvalue weighted by atomic mass is 10.1. The molecule has 0 aliphatic carbocycles. The van der Waals surface area contributed by atoms with Crippen LogP contribution in [0.25, 0.3) is 5.69 Å². The van der Waals surface area contributed by atoms with E-state index in [1.54, 1.807) is 10.7 Å². The van der Waals surface area contributed by atoms with Crippen molar-refractivity contribution in [3.8, 4) is 11.6 Å². The van der Waals surface area contributed by atoms with E-state index in [4.69, 9.17) is 21.1 Å². The summed E-state index contributed by atoms with van der Waals surface area (Å²) < 4.78 is 12.7. The van der Waals surface area contributed by atoms with Crippen LogP contribution < -0.4 is 10.1 Å². The molecule has 9 nitrogen and oxygen atoms in total. The number of halogens is 1. The number of carbonyl (C=O) groups is 1. The monoisotopic (exact) mass is 428 g/mol. The Hall–Kier alpha value is -3.04. The maximum Gasteiger partial charge on any atom is 0.253 e. The molecule has 2 aromatic heterocycles. The number of pyridine rings is 1. The zero-order valence-corrected chi connectivity index (χ0v) is 17.2. The normalized spacial score (nSPS) is 14.5. The molecule has 0 atom stereocenters. The van der Waals surface area contributed by atoms with Crippen molar-refractivity contribution in [2.45, 2.75) is 32.4 Å². The molecule has 3 heterocycles. The van der Waals surface area contributed by atoms with E-state index in [0.29, 0.717) is 35.5 Å². The van der Waals surface area contributed by atoms with E-state index >= 15 is 0 Å². The summed E-state index contributed by atoms with van der Waals surface area (Å²) >= 11 is 6.28. The van der Waals surface area contributed by atoms with Gasteiger partial charge in [0.2, 0.25) is 5.88 Å². The number of nitrogens with one attached hydrogen (secondary N) is 1. The maximum atomic E-state index is 12.5. The molecule has 3 aromatic rings.